The summed E-state index contributed by atoms with van der Waals surface area (Å²) in [4.78, 5) is 21.7. The molecule has 3 aromatic rings. The summed E-state index contributed by atoms with van der Waals surface area (Å²) < 4.78 is 0. The van der Waals surface area contributed by atoms with E-state index in [0.29, 0.717) is 12.6 Å². The first-order valence-electron chi connectivity index (χ1n) is 7.55. The van der Waals surface area contributed by atoms with Crippen molar-refractivity contribution in [2.24, 2.45) is 0 Å². The molecular formula is C17H16N2OS3. The molecule has 0 saturated heterocycles. The van der Waals surface area contributed by atoms with E-state index in [0.717, 1.165) is 34.0 Å². The van der Waals surface area contributed by atoms with Crippen LogP contribution in [0.5, 0.6) is 0 Å². The number of thiophene rings is 2. The Morgan fingerprint density at radius 2 is 2.22 bits per heavy atom. The lowest BCUT2D eigenvalue weighted by atomic mass is 10.3. The van der Waals surface area contributed by atoms with Gasteiger partial charge in [-0.2, -0.15) is 11.3 Å². The molecule has 0 aliphatic heterocycles. The Hall–Kier alpha value is -1.50. The van der Waals surface area contributed by atoms with Crippen LogP contribution in [-0.2, 0) is 6.54 Å². The lowest BCUT2D eigenvalue weighted by molar-refractivity contribution is 0.0735. The monoisotopic (exact) mass is 360 g/mol. The molecule has 3 nitrogen and oxygen atoms in total. The Morgan fingerprint density at radius 3 is 2.87 bits per heavy atom. The molecule has 0 spiro atoms. The highest BCUT2D eigenvalue weighted by atomic mass is 32.1. The molecule has 6 heteroatoms. The average Bonchev–Trinajstić information content (AvgIpc) is 3.00. The van der Waals surface area contributed by atoms with Crippen LogP contribution in [0.1, 0.15) is 33.1 Å². The van der Waals surface area contributed by atoms with E-state index in [2.05, 4.69) is 27.9 Å². The summed E-state index contributed by atoms with van der Waals surface area (Å²) in [5.74, 6) is 0.136. The number of rotatable bonds is 5. The van der Waals surface area contributed by atoms with Gasteiger partial charge in [0.15, 0.2) is 0 Å². The van der Waals surface area contributed by atoms with Crippen molar-refractivity contribution in [3.8, 4) is 10.6 Å². The van der Waals surface area contributed by atoms with Crippen LogP contribution >= 0.6 is 34.0 Å². The number of hydrogen-bond acceptors (Lipinski definition) is 5. The van der Waals surface area contributed by atoms with Gasteiger partial charge in [0.2, 0.25) is 0 Å². The zero-order valence-corrected chi connectivity index (χ0v) is 15.1. The first-order chi connectivity index (χ1) is 11.2. The summed E-state index contributed by atoms with van der Waals surface area (Å²) in [5.41, 5.74) is 1.96. The molecule has 0 radical (unpaired) electrons. The fourth-order valence-corrected chi connectivity index (χ4v) is 4.99. The van der Waals surface area contributed by atoms with Gasteiger partial charge >= 0.3 is 0 Å². The number of aryl methyl sites for hydroxylation is 1. The molecule has 1 fully saturated rings. The van der Waals surface area contributed by atoms with Crippen molar-refractivity contribution in [1.82, 2.24) is 9.88 Å². The van der Waals surface area contributed by atoms with E-state index in [9.17, 15) is 4.79 Å². The Morgan fingerprint density at radius 1 is 1.35 bits per heavy atom. The Bertz CT molecular complexity index is 801. The fraction of sp³-hybridized carbons (Fsp3) is 0.294. The molecule has 1 amide bonds. The van der Waals surface area contributed by atoms with Crippen LogP contribution in [0.2, 0.25) is 0 Å². The second kappa shape index (κ2) is 6.19. The zero-order valence-electron chi connectivity index (χ0n) is 12.7. The minimum atomic E-state index is 0.136. The van der Waals surface area contributed by atoms with Gasteiger partial charge in [-0.25, -0.2) is 4.98 Å². The first-order valence-corrected chi connectivity index (χ1v) is 10.2. The molecule has 0 aromatic carbocycles. The van der Waals surface area contributed by atoms with Crippen LogP contribution in [0.4, 0.5) is 0 Å². The van der Waals surface area contributed by atoms with Crippen LogP contribution in [0.25, 0.3) is 10.6 Å². The van der Waals surface area contributed by atoms with Crippen molar-refractivity contribution in [2.75, 3.05) is 0 Å². The predicted octanol–water partition coefficient (Wildman–Crippen LogP) is 5.05. The molecule has 1 saturated carbocycles. The summed E-state index contributed by atoms with van der Waals surface area (Å²) in [6.45, 7) is 2.65. The van der Waals surface area contributed by atoms with Gasteiger partial charge in [0, 0.05) is 21.9 Å². The van der Waals surface area contributed by atoms with E-state index in [1.54, 1.807) is 22.7 Å². The second-order valence-corrected chi connectivity index (χ2v) is 8.50. The van der Waals surface area contributed by atoms with Crippen molar-refractivity contribution < 1.29 is 4.79 Å². The lowest BCUT2D eigenvalue weighted by Gasteiger charge is -2.21. The molecule has 1 aliphatic rings. The SMILES string of the molecule is Cc1nc(-c2ccsc2)sc1C(=O)N(Cc1cccs1)C1CC1. The highest BCUT2D eigenvalue weighted by molar-refractivity contribution is 7.17. The minimum absolute atomic E-state index is 0.136. The standard InChI is InChI=1S/C17H16N2OS3/c1-11-15(23-16(18-11)12-6-8-21-10-12)17(20)19(13-4-5-13)9-14-3-2-7-22-14/h2-3,6-8,10,13H,4-5,9H2,1H3. The number of carbonyl (C=O) groups is 1. The van der Waals surface area contributed by atoms with Gasteiger partial charge in [-0.3, -0.25) is 4.79 Å². The molecule has 118 valence electrons. The first kappa shape index (κ1) is 15.1. The maximum absolute atomic E-state index is 13.1. The largest absolute Gasteiger partial charge is 0.330 e. The topological polar surface area (TPSA) is 33.2 Å². The molecule has 23 heavy (non-hydrogen) atoms. The smallest absolute Gasteiger partial charge is 0.266 e. The van der Waals surface area contributed by atoms with Crippen LogP contribution in [0.15, 0.2) is 34.3 Å². The third-order valence-corrected chi connectivity index (χ3v) is 6.65. The molecule has 1 aliphatic carbocycles. The van der Waals surface area contributed by atoms with E-state index in [-0.39, 0.29) is 5.91 Å². The number of carbonyl (C=O) groups excluding carboxylic acids is 1. The van der Waals surface area contributed by atoms with E-state index in [1.165, 1.54) is 16.2 Å². The molecule has 0 bridgehead atoms. The quantitative estimate of drug-likeness (QED) is 0.638. The second-order valence-electron chi connectivity index (χ2n) is 5.69. The van der Waals surface area contributed by atoms with Gasteiger partial charge in [0.25, 0.3) is 5.91 Å². The molecule has 4 rings (SSSR count). The van der Waals surface area contributed by atoms with Gasteiger partial charge in [-0.05, 0) is 42.7 Å². The van der Waals surface area contributed by atoms with Crippen LogP contribution < -0.4 is 0 Å². The maximum Gasteiger partial charge on any atom is 0.266 e. The molecule has 0 N–H and O–H groups in total. The van der Waals surface area contributed by atoms with Crippen molar-refractivity contribution in [1.29, 1.82) is 0 Å². The van der Waals surface area contributed by atoms with Crippen molar-refractivity contribution in [3.05, 3.63) is 49.8 Å². The number of hydrogen-bond donors (Lipinski definition) is 0. The normalized spacial score (nSPS) is 14.1. The number of aromatic nitrogens is 1. The van der Waals surface area contributed by atoms with Crippen LogP contribution in [0.3, 0.4) is 0 Å². The number of amides is 1. The van der Waals surface area contributed by atoms with E-state index < -0.39 is 0 Å². The number of nitrogens with zero attached hydrogens (tertiary/aromatic N) is 2. The Balaban J connectivity index is 1.62. The van der Waals surface area contributed by atoms with Gasteiger partial charge < -0.3 is 4.90 Å². The molecule has 0 atom stereocenters. The highest BCUT2D eigenvalue weighted by Crippen LogP contribution is 2.34. The summed E-state index contributed by atoms with van der Waals surface area (Å²) in [7, 11) is 0. The molecule has 3 aromatic heterocycles. The van der Waals surface area contributed by atoms with Gasteiger partial charge in [0.05, 0.1) is 12.2 Å². The minimum Gasteiger partial charge on any atom is -0.330 e. The summed E-state index contributed by atoms with van der Waals surface area (Å²) in [6.07, 6.45) is 2.23. The van der Waals surface area contributed by atoms with Gasteiger partial charge in [0.1, 0.15) is 9.88 Å². The van der Waals surface area contributed by atoms with Crippen LogP contribution in [-0.4, -0.2) is 21.8 Å². The third kappa shape index (κ3) is 3.11. The lowest BCUT2D eigenvalue weighted by Crippen LogP contribution is -2.32. The van der Waals surface area contributed by atoms with Crippen molar-refractivity contribution in [2.45, 2.75) is 32.4 Å². The van der Waals surface area contributed by atoms with Gasteiger partial charge in [-0.1, -0.05) is 6.07 Å². The van der Waals surface area contributed by atoms with E-state index in [4.69, 9.17) is 0 Å². The van der Waals surface area contributed by atoms with E-state index >= 15 is 0 Å². The predicted molar refractivity (Wildman–Crippen MR) is 97.4 cm³/mol. The summed E-state index contributed by atoms with van der Waals surface area (Å²) in [5, 5.41) is 7.13. The van der Waals surface area contributed by atoms with Crippen molar-refractivity contribution in [3.63, 3.8) is 0 Å². The molecule has 0 unspecified atom stereocenters. The summed E-state index contributed by atoms with van der Waals surface area (Å²) in [6, 6.07) is 6.60. The fourth-order valence-electron chi connectivity index (χ4n) is 2.56. The third-order valence-electron chi connectivity index (χ3n) is 3.91. The maximum atomic E-state index is 13.1. The molecular weight excluding hydrogens is 344 g/mol. The van der Waals surface area contributed by atoms with Gasteiger partial charge in [-0.15, -0.1) is 22.7 Å². The van der Waals surface area contributed by atoms with Crippen LogP contribution in [0, 0.1) is 6.92 Å². The van der Waals surface area contributed by atoms with E-state index in [1.807, 2.05) is 23.3 Å². The van der Waals surface area contributed by atoms with Crippen molar-refractivity contribution >= 4 is 39.9 Å². The zero-order chi connectivity index (χ0) is 15.8. The summed E-state index contributed by atoms with van der Waals surface area (Å²) >= 11 is 4.89. The number of thiazole rings is 1. The Labute approximate surface area is 147 Å². The average molecular weight is 361 g/mol. The molecule has 3 heterocycles. The Kier molecular flexibility index (Phi) is 4.05. The highest BCUT2D eigenvalue weighted by Gasteiger charge is 2.34.